The SMILES string of the molecule is CN1CCCC2C[C@@H](CC(CNS(=O)(=O)c3ccccc3)(c3ccccc3)c3ccccc3)C[C@@H]21. The van der Waals surface area contributed by atoms with Crippen LogP contribution in [0.1, 0.15) is 43.2 Å². The lowest BCUT2D eigenvalue weighted by atomic mass is 9.68. The quantitative estimate of drug-likeness (QED) is 0.458. The van der Waals surface area contributed by atoms with Crippen LogP contribution in [0.4, 0.5) is 0 Å². The first kappa shape index (κ1) is 24.2. The summed E-state index contributed by atoms with van der Waals surface area (Å²) >= 11 is 0. The van der Waals surface area contributed by atoms with Gasteiger partial charge in [-0.3, -0.25) is 0 Å². The Morgan fingerprint density at radius 3 is 2.00 bits per heavy atom. The summed E-state index contributed by atoms with van der Waals surface area (Å²) in [5.74, 6) is 1.30. The van der Waals surface area contributed by atoms with Crippen LogP contribution in [-0.2, 0) is 15.4 Å². The van der Waals surface area contributed by atoms with E-state index in [-0.39, 0.29) is 0 Å². The molecule has 1 aliphatic heterocycles. The van der Waals surface area contributed by atoms with Gasteiger partial charge < -0.3 is 4.90 Å². The zero-order chi connectivity index (χ0) is 24.3. The minimum atomic E-state index is -3.63. The van der Waals surface area contributed by atoms with Crippen LogP contribution in [0.5, 0.6) is 0 Å². The largest absolute Gasteiger partial charge is 0.303 e. The Hall–Kier alpha value is -2.47. The normalized spacial score (nSPS) is 23.2. The first-order valence-corrected chi connectivity index (χ1v) is 14.3. The molecule has 1 aliphatic carbocycles. The summed E-state index contributed by atoms with van der Waals surface area (Å²) in [6, 6.07) is 30.4. The number of hydrogen-bond acceptors (Lipinski definition) is 3. The summed E-state index contributed by atoms with van der Waals surface area (Å²) in [7, 11) is -1.36. The standard InChI is InChI=1S/C30H36N2O2S/c1-32-19-11-12-25-20-24(21-29(25)32)22-30(26-13-5-2-6-14-26,27-15-7-3-8-16-27)23-31-35(33,34)28-17-9-4-10-18-28/h2-10,13-18,24-25,29,31H,11-12,19-23H2,1H3/t24-,25?,29+/m1/s1. The Morgan fingerprint density at radius 2 is 1.43 bits per heavy atom. The molecular weight excluding hydrogens is 452 g/mol. The third kappa shape index (κ3) is 5.09. The maximum atomic E-state index is 13.3. The van der Waals surface area contributed by atoms with Gasteiger partial charge in [-0.2, -0.15) is 0 Å². The smallest absolute Gasteiger partial charge is 0.240 e. The number of likely N-dealkylation sites (tertiary alicyclic amines) is 1. The lowest BCUT2D eigenvalue weighted by Crippen LogP contribution is -2.43. The second-order valence-corrected chi connectivity index (χ2v) is 12.2. The van der Waals surface area contributed by atoms with E-state index in [1.807, 2.05) is 18.2 Å². The van der Waals surface area contributed by atoms with Crippen LogP contribution in [0.15, 0.2) is 95.9 Å². The molecule has 1 saturated heterocycles. The third-order valence-corrected chi connectivity index (χ3v) is 9.73. The summed E-state index contributed by atoms with van der Waals surface area (Å²) in [6.07, 6.45) is 5.94. The number of piperidine rings is 1. The third-order valence-electron chi connectivity index (χ3n) is 8.31. The van der Waals surface area contributed by atoms with E-state index in [0.717, 1.165) is 12.3 Å². The number of nitrogens with one attached hydrogen (secondary N) is 1. The van der Waals surface area contributed by atoms with Crippen molar-refractivity contribution in [2.45, 2.75) is 48.5 Å². The number of benzene rings is 3. The van der Waals surface area contributed by atoms with Crippen LogP contribution in [0.3, 0.4) is 0 Å². The van der Waals surface area contributed by atoms with E-state index < -0.39 is 15.4 Å². The second kappa shape index (κ2) is 10.3. The molecule has 1 unspecified atom stereocenters. The van der Waals surface area contributed by atoms with Gasteiger partial charge in [-0.15, -0.1) is 0 Å². The number of nitrogens with zero attached hydrogens (tertiary/aromatic N) is 1. The molecule has 3 atom stereocenters. The van der Waals surface area contributed by atoms with Gasteiger partial charge in [-0.25, -0.2) is 13.1 Å². The molecule has 3 aromatic rings. The van der Waals surface area contributed by atoms with Crippen LogP contribution in [-0.4, -0.2) is 39.5 Å². The Balaban J connectivity index is 1.52. The number of sulfonamides is 1. The average molecular weight is 489 g/mol. The summed E-state index contributed by atoms with van der Waals surface area (Å²) in [5.41, 5.74) is 1.90. The Labute approximate surface area is 210 Å². The number of fused-ring (bicyclic) bond motifs is 1. The molecule has 2 aliphatic rings. The fraction of sp³-hybridized carbons (Fsp3) is 0.400. The molecule has 2 fully saturated rings. The fourth-order valence-corrected chi connectivity index (χ4v) is 7.71. The van der Waals surface area contributed by atoms with E-state index in [1.165, 1.54) is 43.4 Å². The molecule has 1 heterocycles. The van der Waals surface area contributed by atoms with Crippen molar-refractivity contribution in [1.82, 2.24) is 9.62 Å². The molecular formula is C30H36N2O2S. The topological polar surface area (TPSA) is 49.4 Å². The van der Waals surface area contributed by atoms with Crippen molar-refractivity contribution in [3.63, 3.8) is 0 Å². The second-order valence-electron chi connectivity index (χ2n) is 10.4. The Bertz CT molecular complexity index is 1160. The minimum Gasteiger partial charge on any atom is -0.303 e. The molecule has 0 amide bonds. The molecule has 0 spiro atoms. The molecule has 1 N–H and O–H groups in total. The average Bonchev–Trinajstić information content (AvgIpc) is 3.32. The van der Waals surface area contributed by atoms with Crippen LogP contribution >= 0.6 is 0 Å². The van der Waals surface area contributed by atoms with Crippen molar-refractivity contribution in [1.29, 1.82) is 0 Å². The molecule has 1 saturated carbocycles. The molecule has 184 valence electrons. The van der Waals surface area contributed by atoms with E-state index in [9.17, 15) is 8.42 Å². The van der Waals surface area contributed by atoms with Crippen LogP contribution in [0.2, 0.25) is 0 Å². The molecule has 5 heteroatoms. The zero-order valence-corrected chi connectivity index (χ0v) is 21.3. The molecule has 4 nitrogen and oxygen atoms in total. The highest BCUT2D eigenvalue weighted by Gasteiger charge is 2.44. The lowest BCUT2D eigenvalue weighted by molar-refractivity contribution is 0.144. The summed E-state index contributed by atoms with van der Waals surface area (Å²) in [6.45, 7) is 1.52. The molecule has 0 aromatic heterocycles. The van der Waals surface area contributed by atoms with Crippen LogP contribution in [0, 0.1) is 11.8 Å². The summed E-state index contributed by atoms with van der Waals surface area (Å²) in [4.78, 5) is 2.86. The lowest BCUT2D eigenvalue weighted by Gasteiger charge is -2.38. The van der Waals surface area contributed by atoms with Crippen molar-refractivity contribution in [3.05, 3.63) is 102 Å². The van der Waals surface area contributed by atoms with Crippen molar-refractivity contribution in [3.8, 4) is 0 Å². The molecule has 3 aromatic carbocycles. The van der Waals surface area contributed by atoms with Gasteiger partial charge in [0, 0.05) is 18.0 Å². The zero-order valence-electron chi connectivity index (χ0n) is 20.5. The minimum absolute atomic E-state index is 0.309. The number of rotatable bonds is 8. The fourth-order valence-electron chi connectivity index (χ4n) is 6.59. The van der Waals surface area contributed by atoms with Crippen molar-refractivity contribution in [2.75, 3.05) is 20.1 Å². The van der Waals surface area contributed by atoms with Gasteiger partial charge in [-0.1, -0.05) is 78.9 Å². The van der Waals surface area contributed by atoms with Crippen molar-refractivity contribution < 1.29 is 8.42 Å². The van der Waals surface area contributed by atoms with E-state index in [2.05, 4.69) is 65.2 Å². The van der Waals surface area contributed by atoms with Gasteiger partial charge in [0.2, 0.25) is 10.0 Å². The van der Waals surface area contributed by atoms with E-state index in [1.54, 1.807) is 24.3 Å². The van der Waals surface area contributed by atoms with Crippen molar-refractivity contribution in [2.24, 2.45) is 11.8 Å². The van der Waals surface area contributed by atoms with Gasteiger partial charge in [-0.05, 0) is 80.8 Å². The monoisotopic (exact) mass is 488 g/mol. The van der Waals surface area contributed by atoms with Gasteiger partial charge in [0.25, 0.3) is 0 Å². The molecule has 5 rings (SSSR count). The summed E-state index contributed by atoms with van der Waals surface area (Å²) < 4.78 is 29.6. The van der Waals surface area contributed by atoms with Crippen LogP contribution in [0.25, 0.3) is 0 Å². The van der Waals surface area contributed by atoms with E-state index in [4.69, 9.17) is 0 Å². The highest BCUT2D eigenvalue weighted by Crippen LogP contribution is 2.47. The molecule has 35 heavy (non-hydrogen) atoms. The van der Waals surface area contributed by atoms with Gasteiger partial charge in [0.05, 0.1) is 4.90 Å². The van der Waals surface area contributed by atoms with Crippen LogP contribution < -0.4 is 4.72 Å². The molecule has 0 bridgehead atoms. The highest BCUT2D eigenvalue weighted by atomic mass is 32.2. The van der Waals surface area contributed by atoms with Gasteiger partial charge in [0.1, 0.15) is 0 Å². The predicted octanol–water partition coefficient (Wildman–Crippen LogP) is 5.46. The summed E-state index contributed by atoms with van der Waals surface area (Å²) in [5, 5.41) is 0. The predicted molar refractivity (Wildman–Crippen MR) is 142 cm³/mol. The first-order valence-electron chi connectivity index (χ1n) is 12.8. The Morgan fingerprint density at radius 1 is 0.857 bits per heavy atom. The highest BCUT2D eigenvalue weighted by molar-refractivity contribution is 7.89. The van der Waals surface area contributed by atoms with Gasteiger partial charge in [0.15, 0.2) is 0 Å². The number of hydrogen-bond donors (Lipinski definition) is 1. The molecule has 0 radical (unpaired) electrons. The van der Waals surface area contributed by atoms with E-state index >= 15 is 0 Å². The van der Waals surface area contributed by atoms with Crippen molar-refractivity contribution >= 4 is 10.0 Å². The first-order chi connectivity index (χ1) is 17.0. The maximum absolute atomic E-state index is 13.3. The van der Waals surface area contributed by atoms with E-state index in [0.29, 0.717) is 23.4 Å². The Kier molecular flexibility index (Phi) is 7.10. The van der Waals surface area contributed by atoms with Gasteiger partial charge >= 0.3 is 0 Å². The maximum Gasteiger partial charge on any atom is 0.240 e.